The molecule has 1 aromatic carbocycles. The van der Waals surface area contributed by atoms with Gasteiger partial charge in [-0.15, -0.1) is 0 Å². The van der Waals surface area contributed by atoms with Gasteiger partial charge in [0.05, 0.1) is 17.9 Å². The van der Waals surface area contributed by atoms with E-state index in [0.29, 0.717) is 30.7 Å². The van der Waals surface area contributed by atoms with Crippen molar-refractivity contribution in [1.82, 2.24) is 4.98 Å². The van der Waals surface area contributed by atoms with Crippen molar-refractivity contribution >= 4 is 17.6 Å². The van der Waals surface area contributed by atoms with Crippen LogP contribution in [-0.4, -0.2) is 23.5 Å². The van der Waals surface area contributed by atoms with E-state index < -0.39 is 5.97 Å². The standard InChI is InChI=1S/C16H18N2O3/c1-2-21-16(20)13-7-3-4-8-14(13)18-15(19)10-9-12-6-5-11-17-12/h3-8,11,17H,2,9-10H2,1H3,(H,18,19). The Hall–Kier alpha value is -2.56. The van der Waals surface area contributed by atoms with Crippen molar-refractivity contribution in [3.8, 4) is 0 Å². The topological polar surface area (TPSA) is 71.2 Å². The van der Waals surface area contributed by atoms with Gasteiger partial charge in [0.2, 0.25) is 5.91 Å². The number of carbonyl (C=O) groups excluding carboxylic acids is 2. The third kappa shape index (κ3) is 4.21. The zero-order chi connectivity index (χ0) is 15.1. The second kappa shape index (κ2) is 7.28. The highest BCUT2D eigenvalue weighted by atomic mass is 16.5. The van der Waals surface area contributed by atoms with Gasteiger partial charge in [0.15, 0.2) is 0 Å². The number of ether oxygens (including phenoxy) is 1. The Morgan fingerprint density at radius 1 is 1.19 bits per heavy atom. The number of aryl methyl sites for hydroxylation is 1. The summed E-state index contributed by atoms with van der Waals surface area (Å²) in [5.74, 6) is -0.570. The Labute approximate surface area is 123 Å². The largest absolute Gasteiger partial charge is 0.462 e. The number of para-hydroxylation sites is 1. The predicted octanol–water partition coefficient (Wildman–Crippen LogP) is 2.76. The maximum atomic E-state index is 12.0. The number of esters is 1. The molecule has 0 fully saturated rings. The summed E-state index contributed by atoms with van der Waals surface area (Å²) in [6, 6.07) is 10.7. The van der Waals surface area contributed by atoms with Crippen LogP contribution in [0.5, 0.6) is 0 Å². The van der Waals surface area contributed by atoms with Crippen molar-refractivity contribution < 1.29 is 14.3 Å². The molecule has 0 saturated carbocycles. The Bertz CT molecular complexity index is 606. The van der Waals surface area contributed by atoms with Crippen LogP contribution in [0.15, 0.2) is 42.6 Å². The lowest BCUT2D eigenvalue weighted by molar-refractivity contribution is -0.116. The molecule has 5 nitrogen and oxygen atoms in total. The van der Waals surface area contributed by atoms with Gasteiger partial charge in [0.1, 0.15) is 0 Å². The predicted molar refractivity (Wildman–Crippen MR) is 80.1 cm³/mol. The number of anilines is 1. The minimum absolute atomic E-state index is 0.138. The summed E-state index contributed by atoms with van der Waals surface area (Å²) in [5, 5.41) is 2.76. The van der Waals surface area contributed by atoms with Crippen molar-refractivity contribution in [2.45, 2.75) is 19.8 Å². The molecule has 0 bridgehead atoms. The van der Waals surface area contributed by atoms with E-state index in [1.807, 2.05) is 18.3 Å². The molecule has 0 aliphatic heterocycles. The molecule has 0 saturated heterocycles. The molecule has 0 aliphatic rings. The van der Waals surface area contributed by atoms with Crippen molar-refractivity contribution in [1.29, 1.82) is 0 Å². The second-order valence-electron chi connectivity index (χ2n) is 4.51. The minimum Gasteiger partial charge on any atom is -0.462 e. The van der Waals surface area contributed by atoms with Crippen LogP contribution in [-0.2, 0) is 16.0 Å². The van der Waals surface area contributed by atoms with E-state index in [1.54, 1.807) is 31.2 Å². The van der Waals surface area contributed by atoms with Gasteiger partial charge in [-0.3, -0.25) is 4.79 Å². The SMILES string of the molecule is CCOC(=O)c1ccccc1NC(=O)CCc1ccc[nH]1. The smallest absolute Gasteiger partial charge is 0.340 e. The van der Waals surface area contributed by atoms with E-state index in [0.717, 1.165) is 5.69 Å². The van der Waals surface area contributed by atoms with Gasteiger partial charge in [0, 0.05) is 18.3 Å². The third-order valence-electron chi connectivity index (χ3n) is 2.98. The maximum Gasteiger partial charge on any atom is 0.340 e. The number of hydrogen-bond donors (Lipinski definition) is 2. The number of rotatable bonds is 6. The molecule has 0 unspecified atom stereocenters. The molecule has 21 heavy (non-hydrogen) atoms. The van der Waals surface area contributed by atoms with Crippen molar-refractivity contribution in [2.24, 2.45) is 0 Å². The first-order valence-electron chi connectivity index (χ1n) is 6.89. The van der Waals surface area contributed by atoms with Crippen LogP contribution in [0.25, 0.3) is 0 Å². The van der Waals surface area contributed by atoms with Crippen LogP contribution in [0.2, 0.25) is 0 Å². The van der Waals surface area contributed by atoms with Gasteiger partial charge in [-0.05, 0) is 37.6 Å². The monoisotopic (exact) mass is 286 g/mol. The fourth-order valence-corrected chi connectivity index (χ4v) is 1.96. The molecular weight excluding hydrogens is 268 g/mol. The molecule has 0 spiro atoms. The molecule has 1 amide bonds. The Balaban J connectivity index is 1.98. The molecule has 1 heterocycles. The average Bonchev–Trinajstić information content (AvgIpc) is 2.99. The number of carbonyl (C=O) groups is 2. The highest BCUT2D eigenvalue weighted by Crippen LogP contribution is 2.16. The summed E-state index contributed by atoms with van der Waals surface area (Å²) in [6.45, 7) is 2.05. The minimum atomic E-state index is -0.433. The maximum absolute atomic E-state index is 12.0. The lowest BCUT2D eigenvalue weighted by Gasteiger charge is -2.10. The number of aromatic nitrogens is 1. The quantitative estimate of drug-likeness (QED) is 0.802. The van der Waals surface area contributed by atoms with Crippen molar-refractivity contribution in [2.75, 3.05) is 11.9 Å². The first-order valence-corrected chi connectivity index (χ1v) is 6.89. The molecule has 0 atom stereocenters. The molecular formula is C16H18N2O3. The molecule has 110 valence electrons. The number of hydrogen-bond acceptors (Lipinski definition) is 3. The first-order chi connectivity index (χ1) is 10.2. The van der Waals surface area contributed by atoms with Crippen LogP contribution in [0.1, 0.15) is 29.4 Å². The fourth-order valence-electron chi connectivity index (χ4n) is 1.96. The molecule has 2 rings (SSSR count). The van der Waals surface area contributed by atoms with Gasteiger partial charge in [-0.2, -0.15) is 0 Å². The lowest BCUT2D eigenvalue weighted by Crippen LogP contribution is -2.16. The Morgan fingerprint density at radius 2 is 2.00 bits per heavy atom. The summed E-state index contributed by atoms with van der Waals surface area (Å²) in [6.07, 6.45) is 2.79. The molecule has 5 heteroatoms. The van der Waals surface area contributed by atoms with Gasteiger partial charge in [0.25, 0.3) is 0 Å². The van der Waals surface area contributed by atoms with Crippen LogP contribution >= 0.6 is 0 Å². The summed E-state index contributed by atoms with van der Waals surface area (Å²) in [7, 11) is 0. The average molecular weight is 286 g/mol. The van der Waals surface area contributed by atoms with Gasteiger partial charge in [-0.25, -0.2) is 4.79 Å². The highest BCUT2D eigenvalue weighted by molar-refractivity contribution is 6.01. The first kappa shape index (κ1) is 14.8. The molecule has 0 radical (unpaired) electrons. The van der Waals surface area contributed by atoms with Crippen LogP contribution in [0.4, 0.5) is 5.69 Å². The summed E-state index contributed by atoms with van der Waals surface area (Å²) >= 11 is 0. The zero-order valence-electron chi connectivity index (χ0n) is 11.9. The number of H-pyrrole nitrogens is 1. The molecule has 2 aromatic rings. The van der Waals surface area contributed by atoms with Crippen molar-refractivity contribution in [3.63, 3.8) is 0 Å². The number of aromatic amines is 1. The van der Waals surface area contributed by atoms with E-state index in [1.165, 1.54) is 0 Å². The highest BCUT2D eigenvalue weighted by Gasteiger charge is 2.13. The van der Waals surface area contributed by atoms with Gasteiger partial charge >= 0.3 is 5.97 Å². The Morgan fingerprint density at radius 3 is 2.71 bits per heavy atom. The second-order valence-corrected chi connectivity index (χ2v) is 4.51. The van der Waals surface area contributed by atoms with E-state index in [9.17, 15) is 9.59 Å². The Kier molecular flexibility index (Phi) is 5.15. The van der Waals surface area contributed by atoms with E-state index >= 15 is 0 Å². The number of amides is 1. The van der Waals surface area contributed by atoms with Crippen LogP contribution in [0.3, 0.4) is 0 Å². The molecule has 2 N–H and O–H groups in total. The number of nitrogens with one attached hydrogen (secondary N) is 2. The third-order valence-corrected chi connectivity index (χ3v) is 2.98. The molecule has 1 aromatic heterocycles. The van der Waals surface area contributed by atoms with Gasteiger partial charge < -0.3 is 15.0 Å². The van der Waals surface area contributed by atoms with Crippen LogP contribution < -0.4 is 5.32 Å². The van der Waals surface area contributed by atoms with E-state index in [2.05, 4.69) is 10.3 Å². The normalized spacial score (nSPS) is 10.1. The van der Waals surface area contributed by atoms with Crippen LogP contribution in [0, 0.1) is 0 Å². The number of benzene rings is 1. The summed E-state index contributed by atoms with van der Waals surface area (Å²) < 4.78 is 4.97. The zero-order valence-corrected chi connectivity index (χ0v) is 11.9. The van der Waals surface area contributed by atoms with E-state index in [-0.39, 0.29) is 5.91 Å². The van der Waals surface area contributed by atoms with Crippen molar-refractivity contribution in [3.05, 3.63) is 53.9 Å². The summed E-state index contributed by atoms with van der Waals surface area (Å²) in [5.41, 5.74) is 1.85. The lowest BCUT2D eigenvalue weighted by atomic mass is 10.1. The molecule has 0 aliphatic carbocycles. The van der Waals surface area contributed by atoms with E-state index in [4.69, 9.17) is 4.74 Å². The fraction of sp³-hybridized carbons (Fsp3) is 0.250. The summed E-state index contributed by atoms with van der Waals surface area (Å²) in [4.78, 5) is 26.8. The van der Waals surface area contributed by atoms with Gasteiger partial charge in [-0.1, -0.05) is 12.1 Å².